The number of nitrogens with zero attached hydrogens (tertiary/aromatic N) is 1. The van der Waals surface area contributed by atoms with Gasteiger partial charge in [-0.3, -0.25) is 9.69 Å². The molecule has 0 fully saturated rings. The Bertz CT molecular complexity index is 346. The van der Waals surface area contributed by atoms with Crippen molar-refractivity contribution in [3.63, 3.8) is 0 Å². The largest absolute Gasteiger partial charge is 0.298 e. The molecule has 0 amide bonds. The van der Waals surface area contributed by atoms with Crippen LogP contribution in [-0.2, 0) is 11.3 Å². The van der Waals surface area contributed by atoms with Gasteiger partial charge in [0, 0.05) is 6.54 Å². The highest BCUT2D eigenvalue weighted by Crippen LogP contribution is 2.14. The number of hydrogen-bond donors (Lipinski definition) is 0. The van der Waals surface area contributed by atoms with Crippen molar-refractivity contribution in [3.8, 4) is 0 Å². The second kappa shape index (κ2) is 18.9. The van der Waals surface area contributed by atoms with E-state index in [1.54, 1.807) is 6.92 Å². The molecule has 136 valence electrons. The van der Waals surface area contributed by atoms with E-state index in [4.69, 9.17) is 0 Å². The summed E-state index contributed by atoms with van der Waals surface area (Å²) >= 11 is 0. The van der Waals surface area contributed by atoms with E-state index in [-0.39, 0.29) is 11.8 Å². The summed E-state index contributed by atoms with van der Waals surface area (Å²) in [5.74, 6) is 0.805. The Morgan fingerprint density at radius 1 is 0.957 bits per heavy atom. The van der Waals surface area contributed by atoms with Crippen LogP contribution < -0.4 is 0 Å². The molecule has 0 aliphatic carbocycles. The number of benzene rings is 1. The van der Waals surface area contributed by atoms with Crippen molar-refractivity contribution in [1.82, 2.24) is 4.90 Å². The van der Waals surface area contributed by atoms with Crippen LogP contribution >= 0.6 is 0 Å². The second-order valence-corrected chi connectivity index (χ2v) is 5.16. The zero-order chi connectivity index (χ0) is 18.8. The lowest BCUT2D eigenvalue weighted by molar-refractivity contribution is -0.122. The fourth-order valence-electron chi connectivity index (χ4n) is 2.08. The van der Waals surface area contributed by atoms with Crippen LogP contribution in [0.15, 0.2) is 30.3 Å². The van der Waals surface area contributed by atoms with Gasteiger partial charge in [-0.1, -0.05) is 85.7 Å². The number of carbonyl (C=O) groups is 1. The zero-order valence-corrected chi connectivity index (χ0v) is 17.3. The Balaban J connectivity index is -0.000000595. The first kappa shape index (κ1) is 26.7. The Morgan fingerprint density at radius 3 is 1.74 bits per heavy atom. The number of likely N-dealkylation sites (N-methyl/N-ethyl adjacent to an activating group) is 1. The van der Waals surface area contributed by atoms with Crippen molar-refractivity contribution in [2.24, 2.45) is 5.92 Å². The Morgan fingerprint density at radius 2 is 1.39 bits per heavy atom. The maximum absolute atomic E-state index is 11.7. The Hall–Kier alpha value is -1.15. The van der Waals surface area contributed by atoms with Crippen molar-refractivity contribution in [2.45, 2.75) is 81.3 Å². The molecule has 0 aliphatic rings. The van der Waals surface area contributed by atoms with Crippen LogP contribution in [0, 0.1) is 5.92 Å². The molecule has 0 spiro atoms. The molecule has 0 N–H and O–H groups in total. The van der Waals surface area contributed by atoms with Crippen molar-refractivity contribution >= 4 is 5.78 Å². The fourth-order valence-corrected chi connectivity index (χ4v) is 2.08. The van der Waals surface area contributed by atoms with Crippen molar-refractivity contribution < 1.29 is 4.79 Å². The lowest BCUT2D eigenvalue weighted by Crippen LogP contribution is -2.37. The summed E-state index contributed by atoms with van der Waals surface area (Å²) in [4.78, 5) is 13.8. The summed E-state index contributed by atoms with van der Waals surface area (Å²) in [6, 6.07) is 10.3. The van der Waals surface area contributed by atoms with Gasteiger partial charge in [-0.2, -0.15) is 0 Å². The van der Waals surface area contributed by atoms with E-state index >= 15 is 0 Å². The molecule has 1 rings (SSSR count). The number of carbonyl (C=O) groups excluding carboxylic acids is 1. The molecule has 23 heavy (non-hydrogen) atoms. The van der Waals surface area contributed by atoms with Crippen LogP contribution in [0.2, 0.25) is 0 Å². The lowest BCUT2D eigenvalue weighted by atomic mass is 9.99. The summed E-state index contributed by atoms with van der Waals surface area (Å²) in [5, 5.41) is 0. The minimum atomic E-state index is 0.0372. The quantitative estimate of drug-likeness (QED) is 0.621. The standard InChI is InChI=1S/C15H23NO.3C2H6/c1-12(2)10-15(13(3)17)16(4)11-14-8-6-5-7-9-14;3*1-2/h5-9,12,15H,10-11H2,1-4H3;3*1-2H3. The smallest absolute Gasteiger partial charge is 0.146 e. The third-order valence-electron chi connectivity index (χ3n) is 2.97. The maximum Gasteiger partial charge on any atom is 0.146 e. The van der Waals surface area contributed by atoms with E-state index < -0.39 is 0 Å². The Labute approximate surface area is 146 Å². The first-order valence-electron chi connectivity index (χ1n) is 9.25. The van der Waals surface area contributed by atoms with Crippen LogP contribution in [0.1, 0.15) is 74.3 Å². The molecule has 0 aromatic heterocycles. The molecule has 2 heteroatoms. The van der Waals surface area contributed by atoms with Gasteiger partial charge in [0.1, 0.15) is 5.78 Å². The predicted octanol–water partition coefficient (Wildman–Crippen LogP) is 6.20. The van der Waals surface area contributed by atoms with Gasteiger partial charge < -0.3 is 0 Å². The SMILES string of the molecule is CC.CC.CC.CC(=O)C(CC(C)C)N(C)Cc1ccccc1. The average molecular weight is 324 g/mol. The van der Waals surface area contributed by atoms with E-state index in [1.165, 1.54) is 5.56 Å². The fraction of sp³-hybridized carbons (Fsp3) is 0.667. The van der Waals surface area contributed by atoms with E-state index in [0.717, 1.165) is 13.0 Å². The van der Waals surface area contributed by atoms with Crippen LogP contribution in [0.25, 0.3) is 0 Å². The first-order chi connectivity index (χ1) is 11.0. The summed E-state index contributed by atoms with van der Waals surface area (Å²) in [6.07, 6.45) is 0.929. The summed E-state index contributed by atoms with van der Waals surface area (Å²) < 4.78 is 0. The number of hydrogen-bond acceptors (Lipinski definition) is 2. The van der Waals surface area contributed by atoms with Crippen LogP contribution in [0.3, 0.4) is 0 Å². The van der Waals surface area contributed by atoms with Crippen LogP contribution in [-0.4, -0.2) is 23.8 Å². The number of rotatable bonds is 6. The average Bonchev–Trinajstić information content (AvgIpc) is 2.58. The molecule has 0 heterocycles. The van der Waals surface area contributed by atoms with E-state index in [9.17, 15) is 4.79 Å². The molecule has 1 aromatic rings. The maximum atomic E-state index is 11.7. The van der Waals surface area contributed by atoms with Gasteiger partial charge in [-0.15, -0.1) is 0 Å². The summed E-state index contributed by atoms with van der Waals surface area (Å²) in [7, 11) is 2.03. The molecule has 0 aliphatic heterocycles. The van der Waals surface area contributed by atoms with Crippen molar-refractivity contribution in [2.75, 3.05) is 7.05 Å². The molecule has 1 aromatic carbocycles. The Kier molecular flexibility index (Phi) is 22.0. The normalized spacial score (nSPS) is 10.4. The summed E-state index contributed by atoms with van der Waals surface area (Å²) in [6.45, 7) is 18.8. The number of Topliss-reactive ketones (excluding diaryl/α,β-unsaturated/α-hetero) is 1. The van der Waals surface area contributed by atoms with Gasteiger partial charge in [-0.25, -0.2) is 0 Å². The minimum absolute atomic E-state index is 0.0372. The van der Waals surface area contributed by atoms with E-state index in [2.05, 4.69) is 30.9 Å². The molecule has 2 nitrogen and oxygen atoms in total. The third kappa shape index (κ3) is 14.2. The molecular weight excluding hydrogens is 282 g/mol. The molecule has 1 unspecified atom stereocenters. The third-order valence-corrected chi connectivity index (χ3v) is 2.97. The highest BCUT2D eigenvalue weighted by atomic mass is 16.1. The predicted molar refractivity (Wildman–Crippen MR) is 106 cm³/mol. The van der Waals surface area contributed by atoms with Crippen molar-refractivity contribution in [1.29, 1.82) is 0 Å². The van der Waals surface area contributed by atoms with E-state index in [0.29, 0.717) is 5.92 Å². The second-order valence-electron chi connectivity index (χ2n) is 5.16. The van der Waals surface area contributed by atoms with Crippen molar-refractivity contribution in [3.05, 3.63) is 35.9 Å². The van der Waals surface area contributed by atoms with Gasteiger partial charge in [0.25, 0.3) is 0 Å². The molecule has 0 saturated carbocycles. The van der Waals surface area contributed by atoms with Gasteiger partial charge in [-0.05, 0) is 31.9 Å². The molecule has 0 bridgehead atoms. The zero-order valence-electron chi connectivity index (χ0n) is 17.3. The molecule has 0 radical (unpaired) electrons. The van der Waals surface area contributed by atoms with Gasteiger partial charge >= 0.3 is 0 Å². The molecular formula is C21H41NO. The lowest BCUT2D eigenvalue weighted by Gasteiger charge is -2.27. The first-order valence-corrected chi connectivity index (χ1v) is 9.25. The highest BCUT2D eigenvalue weighted by molar-refractivity contribution is 5.81. The van der Waals surface area contributed by atoms with Crippen LogP contribution in [0.5, 0.6) is 0 Å². The topological polar surface area (TPSA) is 20.3 Å². The van der Waals surface area contributed by atoms with E-state index in [1.807, 2.05) is 66.8 Å². The minimum Gasteiger partial charge on any atom is -0.298 e. The summed E-state index contributed by atoms with van der Waals surface area (Å²) in [5.41, 5.74) is 1.25. The molecule has 1 atom stereocenters. The monoisotopic (exact) mass is 323 g/mol. The van der Waals surface area contributed by atoms with Crippen LogP contribution in [0.4, 0.5) is 0 Å². The number of ketones is 1. The van der Waals surface area contributed by atoms with Gasteiger partial charge in [0.15, 0.2) is 0 Å². The highest BCUT2D eigenvalue weighted by Gasteiger charge is 2.20. The van der Waals surface area contributed by atoms with Gasteiger partial charge in [0.2, 0.25) is 0 Å². The van der Waals surface area contributed by atoms with Gasteiger partial charge in [0.05, 0.1) is 6.04 Å². The molecule has 0 saturated heterocycles.